The fourth-order valence-corrected chi connectivity index (χ4v) is 0.686. The smallest absolute Gasteiger partial charge is 0.310 e. The summed E-state index contributed by atoms with van der Waals surface area (Å²) in [6.45, 7) is 5.61. The summed E-state index contributed by atoms with van der Waals surface area (Å²) in [6.07, 6.45) is 0.979. The Morgan fingerprint density at radius 1 is 1.38 bits per heavy atom. The van der Waals surface area contributed by atoms with E-state index in [1.165, 1.54) is 0 Å². The topological polar surface area (TPSA) is 61.5 Å². The van der Waals surface area contributed by atoms with E-state index >= 15 is 0 Å². The van der Waals surface area contributed by atoms with Crippen LogP contribution in [0, 0.1) is 5.92 Å². The highest BCUT2D eigenvalue weighted by atomic mass is 16.6. The molecule has 0 saturated carbocycles. The monoisotopic (exact) mass is 189 g/mol. The second-order valence-electron chi connectivity index (χ2n) is 2.92. The first kappa shape index (κ1) is 12.4. The van der Waals surface area contributed by atoms with Crippen LogP contribution in [0.2, 0.25) is 0 Å². The molecule has 0 spiro atoms. The molecule has 1 unspecified atom stereocenters. The van der Waals surface area contributed by atoms with Crippen LogP contribution in [-0.2, 0) is 14.3 Å². The average Bonchev–Trinajstić information content (AvgIpc) is 2.16. The Morgan fingerprint density at radius 3 is 2.62 bits per heavy atom. The van der Waals surface area contributed by atoms with Crippen LogP contribution in [0.5, 0.6) is 0 Å². The molecule has 4 nitrogen and oxygen atoms in total. The van der Waals surface area contributed by atoms with Crippen molar-refractivity contribution in [3.8, 4) is 0 Å². The molecule has 0 fully saturated rings. The maximum atomic E-state index is 11.0. The quantitative estimate of drug-likeness (QED) is 0.469. The van der Waals surface area contributed by atoms with Gasteiger partial charge in [0.25, 0.3) is 0 Å². The zero-order valence-electron chi connectivity index (χ0n) is 8.41. The van der Waals surface area contributed by atoms with Gasteiger partial charge < -0.3 is 15.2 Å². The van der Waals surface area contributed by atoms with Crippen molar-refractivity contribution < 1.29 is 14.3 Å². The van der Waals surface area contributed by atoms with E-state index in [0.29, 0.717) is 26.4 Å². The lowest BCUT2D eigenvalue weighted by atomic mass is 10.2. The van der Waals surface area contributed by atoms with E-state index in [4.69, 9.17) is 15.2 Å². The van der Waals surface area contributed by atoms with E-state index in [0.717, 1.165) is 6.42 Å². The number of nitrogens with two attached hydrogens (primary N) is 1. The molecule has 0 amide bonds. The fourth-order valence-electron chi connectivity index (χ4n) is 0.686. The highest BCUT2D eigenvalue weighted by Crippen LogP contribution is 1.95. The molecule has 0 aromatic heterocycles. The van der Waals surface area contributed by atoms with Crippen LogP contribution in [0.25, 0.3) is 0 Å². The first-order chi connectivity index (χ1) is 6.22. The molecular weight excluding hydrogens is 170 g/mol. The number of hydrogen-bond acceptors (Lipinski definition) is 4. The van der Waals surface area contributed by atoms with Gasteiger partial charge in [-0.25, -0.2) is 0 Å². The van der Waals surface area contributed by atoms with Crippen LogP contribution in [0.3, 0.4) is 0 Å². The van der Waals surface area contributed by atoms with Crippen molar-refractivity contribution in [2.24, 2.45) is 11.7 Å². The first-order valence-electron chi connectivity index (χ1n) is 4.66. The van der Waals surface area contributed by atoms with E-state index in [1.807, 2.05) is 6.92 Å². The second kappa shape index (κ2) is 8.01. The van der Waals surface area contributed by atoms with Gasteiger partial charge in [0.2, 0.25) is 0 Å². The number of esters is 1. The third kappa shape index (κ3) is 6.54. The predicted molar refractivity (Wildman–Crippen MR) is 50.3 cm³/mol. The Bertz CT molecular complexity index is 139. The van der Waals surface area contributed by atoms with Crippen molar-refractivity contribution in [2.75, 3.05) is 26.4 Å². The molecule has 0 aliphatic rings. The van der Waals surface area contributed by atoms with Gasteiger partial charge in [-0.2, -0.15) is 0 Å². The van der Waals surface area contributed by atoms with E-state index in [2.05, 4.69) is 0 Å². The van der Waals surface area contributed by atoms with Crippen LogP contribution in [0.15, 0.2) is 0 Å². The van der Waals surface area contributed by atoms with Gasteiger partial charge in [0, 0.05) is 13.2 Å². The normalized spacial score (nSPS) is 12.5. The van der Waals surface area contributed by atoms with Crippen molar-refractivity contribution in [1.29, 1.82) is 0 Å². The first-order valence-corrected chi connectivity index (χ1v) is 4.66. The molecule has 1 atom stereocenters. The largest absolute Gasteiger partial charge is 0.463 e. The SMILES string of the molecule is CCCOCCOC(=O)C(C)CN. The zero-order chi connectivity index (χ0) is 10.1. The van der Waals surface area contributed by atoms with Gasteiger partial charge in [-0.15, -0.1) is 0 Å². The Kier molecular flexibility index (Phi) is 7.63. The van der Waals surface area contributed by atoms with Gasteiger partial charge in [0.15, 0.2) is 0 Å². The minimum absolute atomic E-state index is 0.217. The lowest BCUT2D eigenvalue weighted by molar-refractivity contribution is -0.149. The van der Waals surface area contributed by atoms with Crippen LogP contribution in [0.1, 0.15) is 20.3 Å². The van der Waals surface area contributed by atoms with Crippen LogP contribution in [-0.4, -0.2) is 32.3 Å². The minimum Gasteiger partial charge on any atom is -0.463 e. The molecule has 0 bridgehead atoms. The summed E-state index contributed by atoms with van der Waals surface area (Å²) < 4.78 is 10.0. The summed E-state index contributed by atoms with van der Waals surface area (Å²) >= 11 is 0. The van der Waals surface area contributed by atoms with Gasteiger partial charge in [-0.3, -0.25) is 4.79 Å². The molecule has 0 aliphatic carbocycles. The summed E-state index contributed by atoms with van der Waals surface area (Å²) in [6, 6.07) is 0. The average molecular weight is 189 g/mol. The standard InChI is InChI=1S/C9H19NO3/c1-3-4-12-5-6-13-9(11)8(2)7-10/h8H,3-7,10H2,1-2H3. The van der Waals surface area contributed by atoms with Crippen molar-refractivity contribution >= 4 is 5.97 Å². The Morgan fingerprint density at radius 2 is 2.08 bits per heavy atom. The van der Waals surface area contributed by atoms with E-state index < -0.39 is 0 Å². The maximum absolute atomic E-state index is 11.0. The van der Waals surface area contributed by atoms with E-state index in [1.54, 1.807) is 6.92 Å². The van der Waals surface area contributed by atoms with Gasteiger partial charge in [0.1, 0.15) is 6.61 Å². The molecule has 13 heavy (non-hydrogen) atoms. The van der Waals surface area contributed by atoms with Crippen LogP contribution < -0.4 is 5.73 Å². The third-order valence-electron chi connectivity index (χ3n) is 1.58. The number of rotatable bonds is 7. The van der Waals surface area contributed by atoms with Crippen LogP contribution >= 0.6 is 0 Å². The van der Waals surface area contributed by atoms with Gasteiger partial charge in [-0.1, -0.05) is 13.8 Å². The summed E-state index contributed by atoms with van der Waals surface area (Å²) in [7, 11) is 0. The van der Waals surface area contributed by atoms with Gasteiger partial charge >= 0.3 is 5.97 Å². The number of carbonyl (C=O) groups is 1. The molecule has 0 saturated heterocycles. The summed E-state index contributed by atoms with van der Waals surface area (Å²) in [5.41, 5.74) is 5.29. The lowest BCUT2D eigenvalue weighted by Gasteiger charge is -2.08. The number of carbonyl (C=O) groups excluding carboxylic acids is 1. The minimum atomic E-state index is -0.248. The van der Waals surface area contributed by atoms with Gasteiger partial charge in [0.05, 0.1) is 12.5 Å². The molecule has 0 aliphatic heterocycles. The molecule has 78 valence electrons. The molecular formula is C9H19NO3. The fraction of sp³-hybridized carbons (Fsp3) is 0.889. The van der Waals surface area contributed by atoms with E-state index in [-0.39, 0.29) is 11.9 Å². The van der Waals surface area contributed by atoms with Gasteiger partial charge in [-0.05, 0) is 6.42 Å². The molecule has 0 rings (SSSR count). The molecule has 2 N–H and O–H groups in total. The summed E-state index contributed by atoms with van der Waals surface area (Å²) in [5.74, 6) is -0.464. The maximum Gasteiger partial charge on any atom is 0.310 e. The van der Waals surface area contributed by atoms with Crippen molar-refractivity contribution in [3.63, 3.8) is 0 Å². The second-order valence-corrected chi connectivity index (χ2v) is 2.92. The van der Waals surface area contributed by atoms with Crippen molar-refractivity contribution in [1.82, 2.24) is 0 Å². The Balaban J connectivity index is 3.27. The molecule has 0 aromatic carbocycles. The number of ether oxygens (including phenoxy) is 2. The van der Waals surface area contributed by atoms with E-state index in [9.17, 15) is 4.79 Å². The lowest BCUT2D eigenvalue weighted by Crippen LogP contribution is -2.24. The summed E-state index contributed by atoms with van der Waals surface area (Å²) in [4.78, 5) is 11.0. The highest BCUT2D eigenvalue weighted by molar-refractivity contribution is 5.72. The molecule has 0 heterocycles. The molecule has 0 radical (unpaired) electrons. The zero-order valence-corrected chi connectivity index (χ0v) is 8.41. The number of hydrogen-bond donors (Lipinski definition) is 1. The predicted octanol–water partition coefficient (Wildman–Crippen LogP) is 0.551. The third-order valence-corrected chi connectivity index (χ3v) is 1.58. The van der Waals surface area contributed by atoms with Crippen molar-refractivity contribution in [3.05, 3.63) is 0 Å². The Hall–Kier alpha value is -0.610. The molecule has 0 aromatic rings. The Labute approximate surface area is 79.4 Å². The summed E-state index contributed by atoms with van der Waals surface area (Å²) in [5, 5.41) is 0. The highest BCUT2D eigenvalue weighted by Gasteiger charge is 2.11. The van der Waals surface area contributed by atoms with Crippen molar-refractivity contribution in [2.45, 2.75) is 20.3 Å². The molecule has 4 heteroatoms. The van der Waals surface area contributed by atoms with Crippen LogP contribution in [0.4, 0.5) is 0 Å².